The summed E-state index contributed by atoms with van der Waals surface area (Å²) in [6.45, 7) is 6.25. The monoisotopic (exact) mass is 664 g/mol. The molecule has 254 valence electrons. The molecule has 3 atom stereocenters. The third kappa shape index (κ3) is 7.52. The minimum absolute atomic E-state index is 0.133. The Morgan fingerprint density at radius 2 is 1.46 bits per heavy atom. The van der Waals surface area contributed by atoms with Crippen molar-refractivity contribution >= 4 is 39.9 Å². The number of benzene rings is 5. The topological polar surface area (TPSA) is 105 Å². The molecule has 0 fully saturated rings. The normalized spacial score (nSPS) is 15.6. The van der Waals surface area contributed by atoms with Crippen LogP contribution in [0.25, 0.3) is 21.9 Å². The van der Waals surface area contributed by atoms with Crippen molar-refractivity contribution < 1.29 is 14.4 Å². The van der Waals surface area contributed by atoms with Crippen LogP contribution in [0.4, 0.5) is 5.69 Å². The summed E-state index contributed by atoms with van der Waals surface area (Å²) >= 11 is 0. The number of fused-ring (bicyclic) bond motifs is 2. The molecular weight excluding hydrogens is 620 g/mol. The third-order valence-electron chi connectivity index (χ3n) is 9.40. The maximum Gasteiger partial charge on any atom is 0.272 e. The molecule has 0 spiro atoms. The van der Waals surface area contributed by atoms with E-state index in [9.17, 15) is 14.4 Å². The van der Waals surface area contributed by atoms with Crippen LogP contribution in [0, 0.1) is 17.8 Å². The molecule has 1 heterocycles. The summed E-state index contributed by atoms with van der Waals surface area (Å²) in [5.41, 5.74) is 11.8. The first-order valence-corrected chi connectivity index (χ1v) is 17.4. The smallest absolute Gasteiger partial charge is 0.272 e. The molecule has 3 N–H and O–H groups in total. The van der Waals surface area contributed by atoms with E-state index in [1.54, 1.807) is 4.90 Å². The van der Waals surface area contributed by atoms with Crippen LogP contribution in [0.2, 0.25) is 0 Å². The second kappa shape index (κ2) is 15.3. The Balaban J connectivity index is 1.40. The quantitative estimate of drug-likeness (QED) is 0.142. The van der Waals surface area contributed by atoms with Gasteiger partial charge in [-0.15, -0.1) is 0 Å². The first-order valence-electron chi connectivity index (χ1n) is 17.4. The highest BCUT2D eigenvalue weighted by molar-refractivity contribution is 6.20. The molecule has 3 amide bonds. The van der Waals surface area contributed by atoms with Crippen molar-refractivity contribution in [2.45, 2.75) is 52.7 Å². The molecule has 6 rings (SSSR count). The van der Waals surface area contributed by atoms with Crippen molar-refractivity contribution in [2.24, 2.45) is 28.5 Å². The Morgan fingerprint density at radius 1 is 0.780 bits per heavy atom. The molecular formula is C43H44N4O3. The maximum absolute atomic E-state index is 14.7. The van der Waals surface area contributed by atoms with Gasteiger partial charge in [0.15, 0.2) is 0 Å². The average Bonchev–Trinajstić information content (AvgIpc) is 3.24. The van der Waals surface area contributed by atoms with Crippen molar-refractivity contribution in [3.05, 3.63) is 138 Å². The van der Waals surface area contributed by atoms with Gasteiger partial charge in [0.05, 0.1) is 17.9 Å². The Morgan fingerprint density at radius 3 is 2.20 bits per heavy atom. The highest BCUT2D eigenvalue weighted by Gasteiger charge is 2.37. The first-order chi connectivity index (χ1) is 24.2. The van der Waals surface area contributed by atoms with Crippen LogP contribution < -0.4 is 16.0 Å². The lowest BCUT2D eigenvalue weighted by atomic mass is 9.81. The molecule has 0 bridgehead atoms. The third-order valence-corrected chi connectivity index (χ3v) is 9.40. The zero-order chi connectivity index (χ0) is 35.2. The molecule has 0 saturated carbocycles. The highest BCUT2D eigenvalue weighted by atomic mass is 16.2. The Bertz CT molecular complexity index is 2040. The van der Waals surface area contributed by atoms with E-state index in [1.807, 2.05) is 99.6 Å². The summed E-state index contributed by atoms with van der Waals surface area (Å²) in [6, 6.07) is 40.3. The van der Waals surface area contributed by atoms with Gasteiger partial charge in [0.2, 0.25) is 18.0 Å². The van der Waals surface area contributed by atoms with E-state index in [4.69, 9.17) is 10.7 Å². The van der Waals surface area contributed by atoms with Crippen molar-refractivity contribution in [2.75, 3.05) is 4.90 Å². The lowest BCUT2D eigenvalue weighted by molar-refractivity contribution is -0.136. The summed E-state index contributed by atoms with van der Waals surface area (Å²) in [7, 11) is 0. The van der Waals surface area contributed by atoms with Gasteiger partial charge in [-0.2, -0.15) is 0 Å². The van der Waals surface area contributed by atoms with Crippen molar-refractivity contribution in [3.63, 3.8) is 0 Å². The number of aliphatic imine (C=N–C) groups is 1. The van der Waals surface area contributed by atoms with E-state index < -0.39 is 29.8 Å². The molecule has 0 radical (unpaired) electrons. The maximum atomic E-state index is 14.7. The molecule has 50 heavy (non-hydrogen) atoms. The molecule has 0 aromatic heterocycles. The molecule has 3 unspecified atom stereocenters. The van der Waals surface area contributed by atoms with Crippen LogP contribution in [-0.4, -0.2) is 29.6 Å². The van der Waals surface area contributed by atoms with Crippen LogP contribution >= 0.6 is 0 Å². The van der Waals surface area contributed by atoms with E-state index in [0.717, 1.165) is 33.2 Å². The van der Waals surface area contributed by atoms with Gasteiger partial charge in [-0.05, 0) is 64.4 Å². The van der Waals surface area contributed by atoms with Gasteiger partial charge in [0, 0.05) is 23.0 Å². The van der Waals surface area contributed by atoms with Crippen molar-refractivity contribution in [1.29, 1.82) is 0 Å². The average molecular weight is 665 g/mol. The predicted octanol–water partition coefficient (Wildman–Crippen LogP) is 7.90. The number of carbonyl (C=O) groups excluding carboxylic acids is 3. The van der Waals surface area contributed by atoms with Gasteiger partial charge in [-0.3, -0.25) is 14.4 Å². The summed E-state index contributed by atoms with van der Waals surface area (Å²) in [5.74, 6) is -2.46. The van der Waals surface area contributed by atoms with Gasteiger partial charge >= 0.3 is 0 Å². The fourth-order valence-electron chi connectivity index (χ4n) is 6.97. The van der Waals surface area contributed by atoms with E-state index in [0.29, 0.717) is 30.7 Å². The second-order valence-electron chi connectivity index (χ2n) is 13.5. The zero-order valence-electron chi connectivity index (χ0n) is 28.9. The summed E-state index contributed by atoms with van der Waals surface area (Å²) < 4.78 is 0. The second-order valence-corrected chi connectivity index (χ2v) is 13.5. The van der Waals surface area contributed by atoms with E-state index in [1.165, 1.54) is 5.39 Å². The Labute approximate surface area is 294 Å². The fourth-order valence-corrected chi connectivity index (χ4v) is 6.97. The number of nitrogens with one attached hydrogen (secondary N) is 1. The van der Waals surface area contributed by atoms with Crippen LogP contribution in [0.1, 0.15) is 56.7 Å². The molecule has 5 aromatic carbocycles. The molecule has 1 aliphatic rings. The number of anilines is 1. The van der Waals surface area contributed by atoms with Gasteiger partial charge in [-0.25, -0.2) is 4.99 Å². The summed E-state index contributed by atoms with van der Waals surface area (Å²) in [4.78, 5) is 48.2. The number of hydrogen-bond acceptors (Lipinski definition) is 4. The predicted molar refractivity (Wildman–Crippen MR) is 202 cm³/mol. The number of amides is 3. The fraction of sp³-hybridized carbons (Fsp3) is 0.256. The number of primary amides is 1. The Hall–Kier alpha value is -5.56. The van der Waals surface area contributed by atoms with Crippen LogP contribution in [0.5, 0.6) is 0 Å². The molecule has 7 nitrogen and oxygen atoms in total. The minimum Gasteiger partial charge on any atom is -0.369 e. The van der Waals surface area contributed by atoms with Crippen LogP contribution in [0.3, 0.4) is 0 Å². The van der Waals surface area contributed by atoms with Gasteiger partial charge < -0.3 is 16.0 Å². The summed E-state index contributed by atoms with van der Waals surface area (Å²) in [5, 5.41) is 5.32. The Kier molecular flexibility index (Phi) is 10.5. The summed E-state index contributed by atoms with van der Waals surface area (Å²) in [6.07, 6.45) is 0.428. The first kappa shape index (κ1) is 34.3. The van der Waals surface area contributed by atoms with E-state index in [-0.39, 0.29) is 18.4 Å². The van der Waals surface area contributed by atoms with Gasteiger partial charge in [0.1, 0.15) is 0 Å². The van der Waals surface area contributed by atoms with E-state index >= 15 is 0 Å². The highest BCUT2D eigenvalue weighted by Crippen LogP contribution is 2.32. The molecule has 5 aromatic rings. The molecule has 0 aliphatic carbocycles. The number of para-hydroxylation sites is 1. The van der Waals surface area contributed by atoms with Gasteiger partial charge in [-0.1, -0.05) is 130 Å². The SMILES string of the molecule is CCCC(C(N)=O)C(CC(C)C)C(=O)NC1N=C(c2ccccc2)c2ccccc2N(Cc2cccc(-c3ccc4ccccc4c3)c2)C1=O. The van der Waals surface area contributed by atoms with E-state index in [2.05, 4.69) is 47.8 Å². The van der Waals surface area contributed by atoms with Crippen molar-refractivity contribution in [1.82, 2.24) is 5.32 Å². The molecule has 0 saturated heterocycles. The number of rotatable bonds is 12. The number of hydrogen-bond donors (Lipinski definition) is 2. The van der Waals surface area contributed by atoms with Crippen molar-refractivity contribution in [3.8, 4) is 11.1 Å². The number of nitrogens with zero attached hydrogens (tertiary/aromatic N) is 2. The zero-order valence-corrected chi connectivity index (χ0v) is 28.9. The minimum atomic E-state index is -1.22. The molecule has 7 heteroatoms. The molecule has 1 aliphatic heterocycles. The lowest BCUT2D eigenvalue weighted by Gasteiger charge is -2.29. The number of carbonyl (C=O) groups is 3. The number of benzodiazepines with no additional fused rings is 1. The van der Waals surface area contributed by atoms with Gasteiger partial charge in [0.25, 0.3) is 5.91 Å². The number of nitrogens with two attached hydrogens (primary N) is 1. The largest absolute Gasteiger partial charge is 0.369 e. The lowest BCUT2D eigenvalue weighted by Crippen LogP contribution is -2.50. The standard InChI is InChI=1S/C43H44N4O3/c1-4-13-35(40(44)48)37(24-28(2)3)42(49)46-41-43(50)47(38-21-11-10-20-36(38)39(45-41)31-16-6-5-7-17-31)27-29-14-12-19-32(25-29)34-23-22-30-15-8-9-18-33(30)26-34/h5-12,14-23,25-26,28,35,37,41H,4,13,24,27H2,1-3H3,(H2,44,48)(H,46,49). The van der Waals surface area contributed by atoms with Crippen LogP contribution in [-0.2, 0) is 20.9 Å². The van der Waals surface area contributed by atoms with Crippen LogP contribution in [0.15, 0.2) is 126 Å².